The summed E-state index contributed by atoms with van der Waals surface area (Å²) in [7, 11) is 0. The minimum Gasteiger partial charge on any atom is -0.299 e. The predicted octanol–water partition coefficient (Wildman–Crippen LogP) is 2.98. The van der Waals surface area contributed by atoms with E-state index in [1.54, 1.807) is 0 Å². The van der Waals surface area contributed by atoms with Crippen molar-refractivity contribution in [3.63, 3.8) is 0 Å². The molecule has 5 heteroatoms. The molecule has 0 amide bonds. The number of nitriles is 1. The van der Waals surface area contributed by atoms with Crippen LogP contribution in [0.5, 0.6) is 0 Å². The van der Waals surface area contributed by atoms with E-state index in [2.05, 4.69) is 31.6 Å². The number of pyridine rings is 1. The molecule has 0 aliphatic carbocycles. The van der Waals surface area contributed by atoms with Crippen molar-refractivity contribution in [2.75, 3.05) is 13.1 Å². The number of nitrogens with zero attached hydrogens (tertiary/aromatic N) is 5. The van der Waals surface area contributed by atoms with Gasteiger partial charge in [0, 0.05) is 18.7 Å². The van der Waals surface area contributed by atoms with Crippen molar-refractivity contribution in [2.45, 2.75) is 25.3 Å². The molecule has 2 aromatic heterocycles. The molecule has 3 aromatic rings. The predicted molar refractivity (Wildman–Crippen MR) is 91.4 cm³/mol. The zero-order chi connectivity index (χ0) is 16.4. The first-order valence-corrected chi connectivity index (χ1v) is 8.35. The highest BCUT2D eigenvalue weighted by Crippen LogP contribution is 2.28. The fraction of sp³-hybridized carbons (Fsp3) is 0.316. The van der Waals surface area contributed by atoms with Crippen molar-refractivity contribution in [1.82, 2.24) is 19.5 Å². The van der Waals surface area contributed by atoms with Gasteiger partial charge in [-0.2, -0.15) is 5.26 Å². The van der Waals surface area contributed by atoms with E-state index < -0.39 is 0 Å². The summed E-state index contributed by atoms with van der Waals surface area (Å²) >= 11 is 0. The molecule has 1 saturated heterocycles. The second-order valence-electron chi connectivity index (χ2n) is 6.31. The topological polar surface area (TPSA) is 57.2 Å². The number of fused-ring (bicyclic) bond motifs is 1. The number of hydrogen-bond donors (Lipinski definition) is 0. The minimum absolute atomic E-state index is 0.449. The van der Waals surface area contributed by atoms with Gasteiger partial charge in [0.1, 0.15) is 5.82 Å². The monoisotopic (exact) mass is 317 g/mol. The molecule has 0 radical (unpaired) electrons. The maximum Gasteiger partial charge on any atom is 0.160 e. The van der Waals surface area contributed by atoms with Crippen molar-refractivity contribution in [1.29, 1.82) is 5.26 Å². The van der Waals surface area contributed by atoms with Gasteiger partial charge in [-0.05, 0) is 49.7 Å². The van der Waals surface area contributed by atoms with Crippen molar-refractivity contribution in [3.05, 3.63) is 65.6 Å². The number of aromatic nitrogens is 3. The zero-order valence-electron chi connectivity index (χ0n) is 13.5. The van der Waals surface area contributed by atoms with E-state index in [-0.39, 0.29) is 0 Å². The summed E-state index contributed by atoms with van der Waals surface area (Å²) in [6, 6.07) is 16.2. The lowest BCUT2D eigenvalue weighted by Crippen LogP contribution is -2.33. The molecule has 0 spiro atoms. The van der Waals surface area contributed by atoms with Crippen LogP contribution in [-0.4, -0.2) is 32.6 Å². The van der Waals surface area contributed by atoms with Gasteiger partial charge < -0.3 is 0 Å². The lowest BCUT2D eigenvalue weighted by Gasteiger charge is -2.31. The van der Waals surface area contributed by atoms with Crippen LogP contribution >= 0.6 is 0 Å². The molecule has 1 aromatic carbocycles. The molecule has 4 rings (SSSR count). The lowest BCUT2D eigenvalue weighted by atomic mass is 9.95. The Balaban J connectivity index is 1.45. The van der Waals surface area contributed by atoms with E-state index in [1.165, 1.54) is 0 Å². The first-order valence-electron chi connectivity index (χ1n) is 8.35. The molecule has 0 saturated carbocycles. The van der Waals surface area contributed by atoms with Crippen LogP contribution in [0.3, 0.4) is 0 Å². The molecule has 3 heterocycles. The molecule has 0 N–H and O–H groups in total. The van der Waals surface area contributed by atoms with Gasteiger partial charge >= 0.3 is 0 Å². The second-order valence-corrected chi connectivity index (χ2v) is 6.31. The van der Waals surface area contributed by atoms with Crippen LogP contribution in [0.15, 0.2) is 48.7 Å². The highest BCUT2D eigenvalue weighted by molar-refractivity contribution is 5.38. The molecule has 0 atom stereocenters. The van der Waals surface area contributed by atoms with Crippen molar-refractivity contribution in [3.8, 4) is 6.07 Å². The average molecular weight is 317 g/mol. The van der Waals surface area contributed by atoms with Gasteiger partial charge in [0.15, 0.2) is 5.65 Å². The van der Waals surface area contributed by atoms with Crippen LogP contribution in [0.1, 0.15) is 35.7 Å². The van der Waals surface area contributed by atoms with Gasteiger partial charge in [0.25, 0.3) is 0 Å². The quantitative estimate of drug-likeness (QED) is 0.745. The smallest absolute Gasteiger partial charge is 0.160 e. The normalized spacial score (nSPS) is 16.3. The Bertz CT molecular complexity index is 884. The Morgan fingerprint density at radius 3 is 2.67 bits per heavy atom. The third-order valence-corrected chi connectivity index (χ3v) is 4.82. The Hall–Kier alpha value is -2.71. The fourth-order valence-corrected chi connectivity index (χ4v) is 3.50. The standard InChI is InChI=1S/C19H19N5/c20-13-16-5-1-2-6-17(16)14-23-11-8-15(9-12-23)19-22-21-18-7-3-4-10-24(18)19/h1-7,10,15H,8-9,11-12,14H2. The number of rotatable bonds is 3. The lowest BCUT2D eigenvalue weighted by molar-refractivity contribution is 0.201. The van der Waals surface area contributed by atoms with Crippen LogP contribution in [0.4, 0.5) is 0 Å². The highest BCUT2D eigenvalue weighted by atomic mass is 15.2. The van der Waals surface area contributed by atoms with E-state index in [0.29, 0.717) is 5.92 Å². The SMILES string of the molecule is N#Cc1ccccc1CN1CCC(c2nnc3ccccn23)CC1. The third-order valence-electron chi connectivity index (χ3n) is 4.82. The zero-order valence-corrected chi connectivity index (χ0v) is 13.5. The van der Waals surface area contributed by atoms with Gasteiger partial charge in [0.05, 0.1) is 11.6 Å². The molecule has 1 fully saturated rings. The van der Waals surface area contributed by atoms with Gasteiger partial charge in [-0.3, -0.25) is 9.30 Å². The van der Waals surface area contributed by atoms with Crippen molar-refractivity contribution in [2.24, 2.45) is 0 Å². The summed E-state index contributed by atoms with van der Waals surface area (Å²) in [6.07, 6.45) is 4.19. The van der Waals surface area contributed by atoms with Gasteiger partial charge in [-0.15, -0.1) is 10.2 Å². The summed E-state index contributed by atoms with van der Waals surface area (Å²) in [4.78, 5) is 2.43. The van der Waals surface area contributed by atoms with Crippen LogP contribution < -0.4 is 0 Å². The molecule has 1 aliphatic heterocycles. The highest BCUT2D eigenvalue weighted by Gasteiger charge is 2.24. The summed E-state index contributed by atoms with van der Waals surface area (Å²) in [6.45, 7) is 2.88. The summed E-state index contributed by atoms with van der Waals surface area (Å²) in [5, 5.41) is 17.9. The Morgan fingerprint density at radius 2 is 1.83 bits per heavy atom. The van der Waals surface area contributed by atoms with Gasteiger partial charge in [0.2, 0.25) is 0 Å². The molecule has 120 valence electrons. The Morgan fingerprint density at radius 1 is 1.04 bits per heavy atom. The number of benzene rings is 1. The summed E-state index contributed by atoms with van der Waals surface area (Å²) in [5.74, 6) is 1.52. The fourth-order valence-electron chi connectivity index (χ4n) is 3.50. The maximum atomic E-state index is 9.23. The largest absolute Gasteiger partial charge is 0.299 e. The van der Waals surface area contributed by atoms with Crippen molar-refractivity contribution < 1.29 is 0 Å². The number of hydrogen-bond acceptors (Lipinski definition) is 4. The molecule has 5 nitrogen and oxygen atoms in total. The van der Waals surface area contributed by atoms with E-state index >= 15 is 0 Å². The first-order chi connectivity index (χ1) is 11.8. The first kappa shape index (κ1) is 14.9. The maximum absolute atomic E-state index is 9.23. The number of likely N-dealkylation sites (tertiary alicyclic amines) is 1. The van der Waals surface area contributed by atoms with Crippen molar-refractivity contribution >= 4 is 5.65 Å². The van der Waals surface area contributed by atoms with Crippen LogP contribution in [0.2, 0.25) is 0 Å². The molecular weight excluding hydrogens is 298 g/mol. The third kappa shape index (κ3) is 2.77. The van der Waals surface area contributed by atoms with E-state index in [9.17, 15) is 5.26 Å². The average Bonchev–Trinajstić information content (AvgIpc) is 3.07. The molecule has 24 heavy (non-hydrogen) atoms. The van der Waals surface area contributed by atoms with Crippen LogP contribution in [-0.2, 0) is 6.54 Å². The molecule has 0 unspecified atom stereocenters. The number of piperidine rings is 1. The molecule has 0 bridgehead atoms. The van der Waals surface area contributed by atoms with Gasteiger partial charge in [-0.25, -0.2) is 0 Å². The molecule has 1 aliphatic rings. The summed E-state index contributed by atoms with van der Waals surface area (Å²) in [5.41, 5.74) is 2.81. The van der Waals surface area contributed by atoms with E-state index in [0.717, 1.165) is 55.1 Å². The molecular formula is C19H19N5. The summed E-state index contributed by atoms with van der Waals surface area (Å²) < 4.78 is 2.10. The Kier molecular flexibility index (Phi) is 3.97. The Labute approximate surface area is 141 Å². The van der Waals surface area contributed by atoms with E-state index in [1.807, 2.05) is 42.6 Å². The van der Waals surface area contributed by atoms with Gasteiger partial charge in [-0.1, -0.05) is 24.3 Å². The second kappa shape index (κ2) is 6.42. The van der Waals surface area contributed by atoms with Crippen LogP contribution in [0, 0.1) is 11.3 Å². The van der Waals surface area contributed by atoms with Crippen LogP contribution in [0.25, 0.3) is 5.65 Å². The minimum atomic E-state index is 0.449. The van der Waals surface area contributed by atoms with E-state index in [4.69, 9.17) is 0 Å².